The second kappa shape index (κ2) is 10.9. The smallest absolute Gasteiger partial charge is 0.303 e. The van der Waals surface area contributed by atoms with Crippen LogP contribution in [-0.4, -0.2) is 66.2 Å². The highest BCUT2D eigenvalue weighted by Gasteiger charge is 2.53. The molecule has 0 radical (unpaired) electrons. The lowest BCUT2D eigenvalue weighted by Crippen LogP contribution is -2.63. The van der Waals surface area contributed by atoms with Crippen LogP contribution in [0.2, 0.25) is 0 Å². The molecular formula is C23H25NO10. The van der Waals surface area contributed by atoms with Gasteiger partial charge in [0.15, 0.2) is 12.2 Å². The molecule has 1 aliphatic rings. The first-order valence-corrected chi connectivity index (χ1v) is 10.5. The Bertz CT molecular complexity index is 1070. The summed E-state index contributed by atoms with van der Waals surface area (Å²) < 4.78 is 33.2. The molecule has 182 valence electrons. The van der Waals surface area contributed by atoms with Crippen LogP contribution in [-0.2, 0) is 42.9 Å². The molecule has 0 amide bonds. The minimum atomic E-state index is -1.33. The van der Waals surface area contributed by atoms with Crippen LogP contribution in [0.15, 0.2) is 36.5 Å². The molecule has 11 heteroatoms. The number of hydrogen-bond acceptors (Lipinski definition) is 11. The number of ether oxygens (including phenoxy) is 6. The molecule has 0 bridgehead atoms. The van der Waals surface area contributed by atoms with Gasteiger partial charge in [0.25, 0.3) is 0 Å². The van der Waals surface area contributed by atoms with E-state index in [0.717, 1.165) is 26.2 Å². The number of fused-ring (bicyclic) bond motifs is 1. The van der Waals surface area contributed by atoms with Crippen molar-refractivity contribution in [2.45, 2.75) is 58.4 Å². The first-order chi connectivity index (χ1) is 16.2. The first-order valence-electron chi connectivity index (χ1n) is 10.5. The molecule has 0 spiro atoms. The largest absolute Gasteiger partial charge is 0.463 e. The normalized spacial score (nSPS) is 24.1. The fourth-order valence-electron chi connectivity index (χ4n) is 3.58. The Balaban J connectivity index is 2.03. The van der Waals surface area contributed by atoms with E-state index >= 15 is 0 Å². The lowest BCUT2D eigenvalue weighted by Gasteiger charge is -2.43. The van der Waals surface area contributed by atoms with Crippen molar-refractivity contribution in [3.8, 4) is 5.75 Å². The van der Waals surface area contributed by atoms with Crippen LogP contribution in [0, 0.1) is 0 Å². The summed E-state index contributed by atoms with van der Waals surface area (Å²) in [4.78, 5) is 51.4. The molecule has 3 rings (SSSR count). The minimum absolute atomic E-state index is 0.305. The summed E-state index contributed by atoms with van der Waals surface area (Å²) >= 11 is 0. The van der Waals surface area contributed by atoms with Crippen LogP contribution in [0.5, 0.6) is 5.75 Å². The number of hydrogen-bond donors (Lipinski definition) is 0. The Morgan fingerprint density at radius 2 is 1.44 bits per heavy atom. The highest BCUT2D eigenvalue weighted by Crippen LogP contribution is 2.32. The van der Waals surface area contributed by atoms with E-state index in [1.165, 1.54) is 6.92 Å². The number of pyridine rings is 1. The number of nitrogens with zero attached hydrogens (tertiary/aromatic N) is 1. The number of rotatable bonds is 7. The van der Waals surface area contributed by atoms with E-state index in [4.69, 9.17) is 28.4 Å². The zero-order valence-corrected chi connectivity index (χ0v) is 19.1. The Labute approximate surface area is 195 Å². The van der Waals surface area contributed by atoms with Crippen LogP contribution < -0.4 is 4.74 Å². The summed E-state index contributed by atoms with van der Waals surface area (Å²) in [6, 6.07) is 8.82. The van der Waals surface area contributed by atoms with Crippen molar-refractivity contribution in [2.75, 3.05) is 6.61 Å². The van der Waals surface area contributed by atoms with Crippen molar-refractivity contribution in [2.24, 2.45) is 0 Å². The summed E-state index contributed by atoms with van der Waals surface area (Å²) in [5, 5.41) is 0.783. The SMILES string of the molecule is CC(=O)OC[C@@H]1O[C@@H](Oc2cccc3cccnc23)[C@@H](OC(C)=O)[C@H](OC(C)=O)[C@H]1OC(C)=O. The van der Waals surface area contributed by atoms with Crippen LogP contribution >= 0.6 is 0 Å². The predicted molar refractivity (Wildman–Crippen MR) is 114 cm³/mol. The van der Waals surface area contributed by atoms with Crippen LogP contribution in [0.4, 0.5) is 0 Å². The number of carbonyl (C=O) groups is 4. The highest BCUT2D eigenvalue weighted by atomic mass is 16.7. The third-order valence-electron chi connectivity index (χ3n) is 4.79. The molecule has 2 aromatic rings. The first kappa shape index (κ1) is 24.9. The molecule has 1 fully saturated rings. The molecule has 11 nitrogen and oxygen atoms in total. The van der Waals surface area contributed by atoms with Gasteiger partial charge in [-0.3, -0.25) is 24.2 Å². The van der Waals surface area contributed by atoms with E-state index in [1.54, 1.807) is 24.4 Å². The molecule has 1 aromatic carbocycles. The molecule has 0 aliphatic carbocycles. The maximum Gasteiger partial charge on any atom is 0.303 e. The van der Waals surface area contributed by atoms with Gasteiger partial charge in [0.1, 0.15) is 24.0 Å². The summed E-state index contributed by atoms with van der Waals surface area (Å²) in [5.74, 6) is -2.45. The summed E-state index contributed by atoms with van der Waals surface area (Å²) in [6.07, 6.45) is -4.73. The summed E-state index contributed by atoms with van der Waals surface area (Å²) in [7, 11) is 0. The van der Waals surface area contributed by atoms with Gasteiger partial charge in [0, 0.05) is 39.3 Å². The minimum Gasteiger partial charge on any atom is -0.463 e. The molecule has 5 atom stereocenters. The Hall–Kier alpha value is -3.73. The van der Waals surface area contributed by atoms with Gasteiger partial charge in [0.05, 0.1) is 0 Å². The third kappa shape index (κ3) is 6.19. The van der Waals surface area contributed by atoms with E-state index in [0.29, 0.717) is 11.3 Å². The number of esters is 4. The molecule has 34 heavy (non-hydrogen) atoms. The number of benzene rings is 1. The lowest BCUT2D eigenvalue weighted by atomic mass is 9.98. The van der Waals surface area contributed by atoms with Crippen molar-refractivity contribution >= 4 is 34.8 Å². The van der Waals surface area contributed by atoms with Crippen molar-refractivity contribution < 1.29 is 47.6 Å². The van der Waals surface area contributed by atoms with Gasteiger partial charge in [-0.25, -0.2) is 0 Å². The second-order valence-corrected chi connectivity index (χ2v) is 7.52. The number of aromatic nitrogens is 1. The predicted octanol–water partition coefficient (Wildman–Crippen LogP) is 1.70. The Morgan fingerprint density at radius 1 is 0.824 bits per heavy atom. The van der Waals surface area contributed by atoms with Crippen molar-refractivity contribution in [3.63, 3.8) is 0 Å². The van der Waals surface area contributed by atoms with Crippen molar-refractivity contribution in [1.82, 2.24) is 4.98 Å². The van der Waals surface area contributed by atoms with Gasteiger partial charge in [-0.05, 0) is 12.1 Å². The maximum absolute atomic E-state index is 11.9. The fourth-order valence-corrected chi connectivity index (χ4v) is 3.58. The zero-order chi connectivity index (χ0) is 24.8. The van der Waals surface area contributed by atoms with E-state index in [2.05, 4.69) is 4.98 Å². The topological polar surface area (TPSA) is 137 Å². The van der Waals surface area contributed by atoms with E-state index in [1.807, 2.05) is 12.1 Å². The van der Waals surface area contributed by atoms with Crippen LogP contribution in [0.1, 0.15) is 27.7 Å². The molecular weight excluding hydrogens is 450 g/mol. The van der Waals surface area contributed by atoms with Crippen molar-refractivity contribution in [1.29, 1.82) is 0 Å². The van der Waals surface area contributed by atoms with E-state index in [-0.39, 0.29) is 6.61 Å². The molecule has 1 saturated heterocycles. The quantitative estimate of drug-likeness (QED) is 0.427. The molecule has 2 heterocycles. The van der Waals surface area contributed by atoms with E-state index < -0.39 is 54.6 Å². The van der Waals surface area contributed by atoms with Gasteiger partial charge in [-0.1, -0.05) is 18.2 Å². The Morgan fingerprint density at radius 3 is 2.09 bits per heavy atom. The fraction of sp³-hybridized carbons (Fsp3) is 0.435. The average molecular weight is 475 g/mol. The lowest BCUT2D eigenvalue weighted by molar-refractivity contribution is -0.288. The molecule has 0 N–H and O–H groups in total. The van der Waals surface area contributed by atoms with Crippen LogP contribution in [0.25, 0.3) is 10.9 Å². The zero-order valence-electron chi connectivity index (χ0n) is 19.1. The van der Waals surface area contributed by atoms with Gasteiger partial charge in [-0.2, -0.15) is 0 Å². The summed E-state index contributed by atoms with van der Waals surface area (Å²) in [6.45, 7) is 4.32. The molecule has 1 aromatic heterocycles. The van der Waals surface area contributed by atoms with Gasteiger partial charge >= 0.3 is 23.9 Å². The molecule has 0 unspecified atom stereocenters. The Kier molecular flexibility index (Phi) is 8.00. The highest BCUT2D eigenvalue weighted by molar-refractivity contribution is 5.84. The second-order valence-electron chi connectivity index (χ2n) is 7.52. The van der Waals surface area contributed by atoms with E-state index in [9.17, 15) is 19.2 Å². The number of para-hydroxylation sites is 1. The monoisotopic (exact) mass is 475 g/mol. The maximum atomic E-state index is 11.9. The standard InChI is InChI=1S/C23H25NO10/c1-12(25)29-11-18-20(30-13(2)26)21(31-14(3)27)22(32-15(4)28)23(34-18)33-17-9-5-7-16-8-6-10-24-19(16)17/h5-10,18,20-23H,11H2,1-4H3/t18-,20-,21+,22-,23+/m0/s1. The third-order valence-corrected chi connectivity index (χ3v) is 4.79. The van der Waals surface area contributed by atoms with Gasteiger partial charge in [-0.15, -0.1) is 0 Å². The average Bonchev–Trinajstić information content (AvgIpc) is 2.75. The van der Waals surface area contributed by atoms with Crippen LogP contribution in [0.3, 0.4) is 0 Å². The van der Waals surface area contributed by atoms with Gasteiger partial charge < -0.3 is 28.4 Å². The van der Waals surface area contributed by atoms with Crippen molar-refractivity contribution in [3.05, 3.63) is 36.5 Å². The molecule has 0 saturated carbocycles. The van der Waals surface area contributed by atoms with Gasteiger partial charge in [0.2, 0.25) is 12.4 Å². The molecule has 1 aliphatic heterocycles. The number of carbonyl (C=O) groups excluding carboxylic acids is 4. The summed E-state index contributed by atoms with van der Waals surface area (Å²) in [5.41, 5.74) is 0.512.